The molecule has 1 unspecified atom stereocenters. The zero-order chi connectivity index (χ0) is 14.0. The van der Waals surface area contributed by atoms with Crippen molar-refractivity contribution in [3.05, 3.63) is 44.6 Å². The highest BCUT2D eigenvalue weighted by molar-refractivity contribution is 6.27. The van der Waals surface area contributed by atoms with Crippen molar-refractivity contribution < 1.29 is 9.53 Å². The Morgan fingerprint density at radius 1 is 1.32 bits per heavy atom. The van der Waals surface area contributed by atoms with E-state index >= 15 is 0 Å². The van der Waals surface area contributed by atoms with Crippen LogP contribution in [0.25, 0.3) is 10.9 Å². The number of carbonyl (C=O) groups is 1. The van der Waals surface area contributed by atoms with Crippen LogP contribution in [0, 0.1) is 0 Å². The molecule has 1 aromatic heterocycles. The maximum atomic E-state index is 11.7. The Hall–Kier alpha value is -1.79. The van der Waals surface area contributed by atoms with Crippen LogP contribution in [0.1, 0.15) is 10.4 Å². The number of aromatic nitrogens is 2. The number of nitrogens with one attached hydrogen (secondary N) is 2. The maximum Gasteiger partial charge on any atom is 0.339 e. The molecule has 0 aliphatic rings. The van der Waals surface area contributed by atoms with Crippen molar-refractivity contribution in [2.24, 2.45) is 0 Å². The molecule has 0 saturated carbocycles. The molecule has 0 saturated heterocycles. The highest BCUT2D eigenvalue weighted by Crippen LogP contribution is 2.12. The highest BCUT2D eigenvalue weighted by atomic mass is 35.5. The number of carbonyl (C=O) groups excluding carboxylic acids is 1. The minimum absolute atomic E-state index is 0.0443. The number of hydrogen-bond acceptors (Lipinski definition) is 4. The normalized spacial score (nSPS) is 12.3. The summed E-state index contributed by atoms with van der Waals surface area (Å²) in [4.78, 5) is 38.8. The number of hydrogen-bond donors (Lipinski definition) is 2. The molecule has 0 radical (unpaired) electrons. The van der Waals surface area contributed by atoms with Crippen LogP contribution >= 0.6 is 23.2 Å². The fourth-order valence-corrected chi connectivity index (χ4v) is 1.66. The summed E-state index contributed by atoms with van der Waals surface area (Å²) in [6.45, 7) is 0. The quantitative estimate of drug-likeness (QED) is 0.658. The van der Waals surface area contributed by atoms with Crippen molar-refractivity contribution in [3.8, 4) is 0 Å². The first-order chi connectivity index (χ1) is 9.01. The van der Waals surface area contributed by atoms with Crippen LogP contribution in [-0.2, 0) is 4.74 Å². The number of fused-ring (bicyclic) bond motifs is 1. The fraction of sp³-hybridized carbons (Fsp3) is 0.182. The molecule has 1 aromatic carbocycles. The van der Waals surface area contributed by atoms with E-state index in [4.69, 9.17) is 27.9 Å². The molecule has 0 spiro atoms. The lowest BCUT2D eigenvalue weighted by Gasteiger charge is -2.08. The molecule has 0 amide bonds. The summed E-state index contributed by atoms with van der Waals surface area (Å²) < 4.78 is 4.81. The Morgan fingerprint density at radius 2 is 2.05 bits per heavy atom. The van der Waals surface area contributed by atoms with Gasteiger partial charge in [0.2, 0.25) is 0 Å². The number of esters is 1. The molecule has 1 heterocycles. The van der Waals surface area contributed by atoms with Gasteiger partial charge < -0.3 is 9.72 Å². The van der Waals surface area contributed by atoms with Crippen LogP contribution in [0.15, 0.2) is 27.8 Å². The summed E-state index contributed by atoms with van der Waals surface area (Å²) in [7, 11) is 0. The molecule has 100 valence electrons. The molecular weight excluding hydrogens is 295 g/mol. The largest absolute Gasteiger partial charge is 0.441 e. The lowest BCUT2D eigenvalue weighted by atomic mass is 10.1. The lowest BCUT2D eigenvalue weighted by Crippen LogP contribution is -2.22. The summed E-state index contributed by atoms with van der Waals surface area (Å²) in [6.07, 6.45) is 0. The molecule has 6 nitrogen and oxygen atoms in total. The number of rotatable bonds is 3. The first-order valence-electron chi connectivity index (χ1n) is 5.18. The Kier molecular flexibility index (Phi) is 3.92. The summed E-state index contributed by atoms with van der Waals surface area (Å²) in [6, 6.07) is 4.15. The molecule has 0 fully saturated rings. The molecule has 0 aliphatic carbocycles. The minimum atomic E-state index is -0.942. The van der Waals surface area contributed by atoms with Crippen molar-refractivity contribution in [2.45, 2.75) is 5.56 Å². The van der Waals surface area contributed by atoms with Crippen LogP contribution in [0.4, 0.5) is 0 Å². The Morgan fingerprint density at radius 3 is 2.74 bits per heavy atom. The predicted octanol–water partition coefficient (Wildman–Crippen LogP) is 1.18. The van der Waals surface area contributed by atoms with Gasteiger partial charge in [-0.05, 0) is 18.2 Å². The topological polar surface area (TPSA) is 92.0 Å². The van der Waals surface area contributed by atoms with Crippen molar-refractivity contribution in [1.82, 2.24) is 9.97 Å². The van der Waals surface area contributed by atoms with Crippen LogP contribution in [-0.4, -0.2) is 27.4 Å². The standard InChI is InChI=1S/C11H8Cl2N2O4/c12-4-8(13)19-10(17)5-1-2-6-7(3-5)14-11(18)15-9(6)16/h1-3,8H,4H2,(H2,14,15,16,18). The molecule has 0 bridgehead atoms. The Balaban J connectivity index is 2.44. The number of ether oxygens (including phenoxy) is 1. The summed E-state index contributed by atoms with van der Waals surface area (Å²) in [5.74, 6) is -0.735. The maximum absolute atomic E-state index is 11.7. The van der Waals surface area contributed by atoms with E-state index in [1.54, 1.807) is 0 Å². The lowest BCUT2D eigenvalue weighted by molar-refractivity contribution is 0.0476. The van der Waals surface area contributed by atoms with Crippen LogP contribution in [0.5, 0.6) is 0 Å². The molecule has 1 atom stereocenters. The van der Waals surface area contributed by atoms with E-state index in [2.05, 4.69) is 9.97 Å². The average molecular weight is 303 g/mol. The highest BCUT2D eigenvalue weighted by Gasteiger charge is 2.13. The van der Waals surface area contributed by atoms with Crippen molar-refractivity contribution in [2.75, 3.05) is 5.88 Å². The van der Waals surface area contributed by atoms with Gasteiger partial charge in [-0.1, -0.05) is 11.6 Å². The monoisotopic (exact) mass is 302 g/mol. The first kappa shape index (κ1) is 13.6. The number of H-pyrrole nitrogens is 2. The van der Waals surface area contributed by atoms with Gasteiger partial charge in [0.15, 0.2) is 5.56 Å². The third kappa shape index (κ3) is 2.97. The Bertz CT molecular complexity index is 737. The zero-order valence-corrected chi connectivity index (χ0v) is 10.9. The number of halogens is 2. The summed E-state index contributed by atoms with van der Waals surface area (Å²) in [5, 5.41) is 0.260. The Labute approximate surface area is 116 Å². The van der Waals surface area contributed by atoms with Gasteiger partial charge >= 0.3 is 11.7 Å². The first-order valence-corrected chi connectivity index (χ1v) is 6.15. The van der Waals surface area contributed by atoms with Crippen LogP contribution < -0.4 is 11.2 Å². The smallest absolute Gasteiger partial charge is 0.339 e. The van der Waals surface area contributed by atoms with E-state index in [1.165, 1.54) is 18.2 Å². The zero-order valence-electron chi connectivity index (χ0n) is 9.41. The molecule has 8 heteroatoms. The van der Waals surface area contributed by atoms with E-state index in [0.29, 0.717) is 0 Å². The summed E-state index contributed by atoms with van der Waals surface area (Å²) in [5.41, 5.74) is -1.73. The summed E-state index contributed by atoms with van der Waals surface area (Å²) >= 11 is 11.0. The fourth-order valence-electron chi connectivity index (χ4n) is 1.51. The molecule has 2 N–H and O–H groups in total. The van der Waals surface area contributed by atoms with Gasteiger partial charge in [-0.3, -0.25) is 9.78 Å². The van der Waals surface area contributed by atoms with Crippen molar-refractivity contribution in [1.29, 1.82) is 0 Å². The second kappa shape index (κ2) is 5.46. The van der Waals surface area contributed by atoms with Gasteiger partial charge in [0, 0.05) is 0 Å². The van der Waals surface area contributed by atoms with Gasteiger partial charge in [0.25, 0.3) is 5.56 Å². The second-order valence-electron chi connectivity index (χ2n) is 3.64. The van der Waals surface area contributed by atoms with E-state index in [9.17, 15) is 14.4 Å². The van der Waals surface area contributed by atoms with E-state index in [1.807, 2.05) is 0 Å². The third-order valence-corrected chi connectivity index (χ3v) is 3.01. The number of benzene rings is 1. The van der Waals surface area contributed by atoms with Gasteiger partial charge in [0.1, 0.15) is 0 Å². The van der Waals surface area contributed by atoms with E-state index in [0.717, 1.165) is 0 Å². The molecular formula is C11H8Cl2N2O4. The third-order valence-electron chi connectivity index (χ3n) is 2.33. The molecule has 19 heavy (non-hydrogen) atoms. The second-order valence-corrected chi connectivity index (χ2v) is 4.43. The van der Waals surface area contributed by atoms with E-state index in [-0.39, 0.29) is 22.3 Å². The SMILES string of the molecule is O=C(OC(Cl)CCl)c1ccc2c(=O)[nH]c(=O)[nH]c2c1. The molecule has 0 aliphatic heterocycles. The van der Waals surface area contributed by atoms with E-state index < -0.39 is 22.8 Å². The number of alkyl halides is 2. The predicted molar refractivity (Wildman–Crippen MR) is 71.0 cm³/mol. The van der Waals surface area contributed by atoms with Crippen LogP contribution in [0.3, 0.4) is 0 Å². The molecule has 2 rings (SSSR count). The minimum Gasteiger partial charge on any atom is -0.441 e. The van der Waals surface area contributed by atoms with Gasteiger partial charge in [0.05, 0.1) is 22.3 Å². The number of aromatic amines is 2. The van der Waals surface area contributed by atoms with Gasteiger partial charge in [-0.25, -0.2) is 9.59 Å². The molecule has 2 aromatic rings. The van der Waals surface area contributed by atoms with Crippen LogP contribution in [0.2, 0.25) is 0 Å². The van der Waals surface area contributed by atoms with Gasteiger partial charge in [-0.15, -0.1) is 11.6 Å². The van der Waals surface area contributed by atoms with Crippen molar-refractivity contribution >= 4 is 40.1 Å². The average Bonchev–Trinajstić information content (AvgIpc) is 2.37. The van der Waals surface area contributed by atoms with Crippen molar-refractivity contribution in [3.63, 3.8) is 0 Å². The van der Waals surface area contributed by atoms with Gasteiger partial charge in [-0.2, -0.15) is 0 Å².